The van der Waals surface area contributed by atoms with Crippen LogP contribution in [-0.2, 0) is 9.53 Å². The van der Waals surface area contributed by atoms with Gasteiger partial charge in [0.25, 0.3) is 0 Å². The highest BCUT2D eigenvalue weighted by molar-refractivity contribution is 5.80. The Bertz CT molecular complexity index is 161. The predicted octanol–water partition coefficient (Wildman–Crippen LogP) is 0.295. The highest BCUT2D eigenvalue weighted by atomic mass is 16.5. The van der Waals surface area contributed by atoms with Gasteiger partial charge in [0, 0.05) is 20.1 Å². The average molecular weight is 203 g/mol. The maximum atomic E-state index is 11.2. The molecule has 0 saturated carbocycles. The Balaban J connectivity index is 3.63. The highest BCUT2D eigenvalue weighted by Gasteiger charge is 2.10. The molecule has 1 N–H and O–H groups in total. The van der Waals surface area contributed by atoms with Crippen molar-refractivity contribution >= 4 is 5.78 Å². The number of rotatable bonds is 8. The molecule has 0 aromatic rings. The zero-order valence-corrected chi connectivity index (χ0v) is 9.32. The van der Waals surface area contributed by atoms with Crippen molar-refractivity contribution < 1.29 is 14.6 Å². The largest absolute Gasteiger partial charge is 0.389 e. The summed E-state index contributed by atoms with van der Waals surface area (Å²) in [7, 11) is 3.37. The molecule has 0 bridgehead atoms. The van der Waals surface area contributed by atoms with Gasteiger partial charge in [-0.05, 0) is 13.5 Å². The van der Waals surface area contributed by atoms with Gasteiger partial charge in [0.1, 0.15) is 5.78 Å². The maximum absolute atomic E-state index is 11.2. The second kappa shape index (κ2) is 7.91. The second-order valence-electron chi connectivity index (χ2n) is 3.59. The Morgan fingerprint density at radius 2 is 2.21 bits per heavy atom. The fraction of sp³-hybridized carbons (Fsp3) is 0.900. The van der Waals surface area contributed by atoms with Gasteiger partial charge in [-0.1, -0.05) is 6.92 Å². The van der Waals surface area contributed by atoms with Gasteiger partial charge in [0.2, 0.25) is 0 Å². The standard InChI is InChI=1S/C10H21NO3/c1-4-5-9(12)6-11(2)7-10(13)8-14-3/h10,13H,4-8H2,1-3H3. The monoisotopic (exact) mass is 203 g/mol. The van der Waals surface area contributed by atoms with Crippen molar-refractivity contribution in [2.24, 2.45) is 0 Å². The topological polar surface area (TPSA) is 49.8 Å². The number of ether oxygens (including phenoxy) is 1. The van der Waals surface area contributed by atoms with Gasteiger partial charge in [-0.15, -0.1) is 0 Å². The molecule has 1 atom stereocenters. The summed E-state index contributed by atoms with van der Waals surface area (Å²) < 4.78 is 4.80. The molecule has 4 heteroatoms. The van der Waals surface area contributed by atoms with E-state index in [0.29, 0.717) is 26.1 Å². The lowest BCUT2D eigenvalue weighted by Crippen LogP contribution is -2.35. The fourth-order valence-corrected chi connectivity index (χ4v) is 1.33. The molecule has 0 aliphatic carbocycles. The molecule has 0 saturated heterocycles. The number of hydrogen-bond donors (Lipinski definition) is 1. The lowest BCUT2D eigenvalue weighted by atomic mass is 10.2. The van der Waals surface area contributed by atoms with Crippen molar-refractivity contribution in [2.45, 2.75) is 25.9 Å². The first-order valence-corrected chi connectivity index (χ1v) is 4.97. The van der Waals surface area contributed by atoms with Gasteiger partial charge in [-0.25, -0.2) is 0 Å². The minimum absolute atomic E-state index is 0.222. The van der Waals surface area contributed by atoms with Crippen LogP contribution in [0, 0.1) is 0 Å². The molecular formula is C10H21NO3. The van der Waals surface area contributed by atoms with Crippen molar-refractivity contribution in [3.05, 3.63) is 0 Å². The van der Waals surface area contributed by atoms with Crippen molar-refractivity contribution in [3.8, 4) is 0 Å². The van der Waals surface area contributed by atoms with E-state index in [1.807, 2.05) is 18.9 Å². The summed E-state index contributed by atoms with van der Waals surface area (Å²) in [5.74, 6) is 0.222. The van der Waals surface area contributed by atoms with E-state index in [2.05, 4.69) is 0 Å². The first-order valence-electron chi connectivity index (χ1n) is 4.97. The fourth-order valence-electron chi connectivity index (χ4n) is 1.33. The minimum Gasteiger partial charge on any atom is -0.389 e. The van der Waals surface area contributed by atoms with E-state index < -0.39 is 6.10 Å². The van der Waals surface area contributed by atoms with Crippen LogP contribution < -0.4 is 0 Å². The molecule has 0 heterocycles. The molecule has 0 radical (unpaired) electrons. The number of likely N-dealkylation sites (N-methyl/N-ethyl adjacent to an activating group) is 1. The molecule has 0 amide bonds. The second-order valence-corrected chi connectivity index (χ2v) is 3.59. The quantitative estimate of drug-likeness (QED) is 0.616. The van der Waals surface area contributed by atoms with Crippen LogP contribution in [0.5, 0.6) is 0 Å². The number of ketones is 1. The third-order valence-corrected chi connectivity index (χ3v) is 1.86. The zero-order chi connectivity index (χ0) is 11.0. The third-order valence-electron chi connectivity index (χ3n) is 1.86. The molecule has 84 valence electrons. The van der Waals surface area contributed by atoms with Crippen molar-refractivity contribution in [2.75, 3.05) is 33.9 Å². The number of nitrogens with zero attached hydrogens (tertiary/aromatic N) is 1. The van der Waals surface area contributed by atoms with E-state index in [-0.39, 0.29) is 5.78 Å². The summed E-state index contributed by atoms with van der Waals surface area (Å²) in [6.45, 7) is 3.18. The third kappa shape index (κ3) is 7.00. The Morgan fingerprint density at radius 3 is 2.71 bits per heavy atom. The van der Waals surface area contributed by atoms with Crippen molar-refractivity contribution in [1.29, 1.82) is 0 Å². The molecule has 0 aliphatic rings. The molecule has 0 aromatic carbocycles. The molecule has 14 heavy (non-hydrogen) atoms. The first-order chi connectivity index (χ1) is 6.60. The summed E-state index contributed by atoms with van der Waals surface area (Å²) >= 11 is 0. The van der Waals surface area contributed by atoms with Crippen LogP contribution >= 0.6 is 0 Å². The SMILES string of the molecule is CCCC(=O)CN(C)CC(O)COC. The highest BCUT2D eigenvalue weighted by Crippen LogP contribution is 1.94. The van der Waals surface area contributed by atoms with Crippen LogP contribution in [0.1, 0.15) is 19.8 Å². The van der Waals surface area contributed by atoms with Crippen molar-refractivity contribution in [1.82, 2.24) is 4.90 Å². The van der Waals surface area contributed by atoms with E-state index in [9.17, 15) is 9.90 Å². The molecule has 0 aliphatic heterocycles. The van der Waals surface area contributed by atoms with Gasteiger partial charge in [-0.2, -0.15) is 0 Å². The molecule has 0 aromatic heterocycles. The van der Waals surface area contributed by atoms with E-state index in [1.54, 1.807) is 7.11 Å². The summed E-state index contributed by atoms with van der Waals surface area (Å²) in [6.07, 6.45) is 0.984. The number of methoxy groups -OCH3 is 1. The maximum Gasteiger partial charge on any atom is 0.146 e. The number of aliphatic hydroxyl groups excluding tert-OH is 1. The van der Waals surface area contributed by atoms with Crippen LogP contribution in [0.4, 0.5) is 0 Å². The Kier molecular flexibility index (Phi) is 7.65. The Hall–Kier alpha value is -0.450. The molecule has 0 spiro atoms. The zero-order valence-electron chi connectivity index (χ0n) is 9.32. The van der Waals surface area contributed by atoms with Crippen LogP contribution in [-0.4, -0.2) is 55.7 Å². The number of carbonyl (C=O) groups is 1. The summed E-state index contributed by atoms with van der Waals surface area (Å²) in [5.41, 5.74) is 0. The van der Waals surface area contributed by atoms with E-state index in [1.165, 1.54) is 0 Å². The van der Waals surface area contributed by atoms with Crippen molar-refractivity contribution in [3.63, 3.8) is 0 Å². The normalized spacial score (nSPS) is 13.2. The molecule has 4 nitrogen and oxygen atoms in total. The smallest absolute Gasteiger partial charge is 0.146 e. The van der Waals surface area contributed by atoms with Gasteiger partial charge in [0.15, 0.2) is 0 Å². The van der Waals surface area contributed by atoms with Gasteiger partial charge in [0.05, 0.1) is 19.3 Å². The number of carbonyl (C=O) groups excluding carboxylic acids is 1. The van der Waals surface area contributed by atoms with Crippen LogP contribution in [0.2, 0.25) is 0 Å². The van der Waals surface area contributed by atoms with Crippen LogP contribution in [0.15, 0.2) is 0 Å². The number of hydrogen-bond acceptors (Lipinski definition) is 4. The van der Waals surface area contributed by atoms with Crippen LogP contribution in [0.25, 0.3) is 0 Å². The van der Waals surface area contributed by atoms with E-state index >= 15 is 0 Å². The molecule has 0 fully saturated rings. The average Bonchev–Trinajstić information content (AvgIpc) is 2.03. The molecule has 1 unspecified atom stereocenters. The van der Waals surface area contributed by atoms with Crippen LogP contribution in [0.3, 0.4) is 0 Å². The lowest BCUT2D eigenvalue weighted by Gasteiger charge is -2.19. The Morgan fingerprint density at radius 1 is 1.57 bits per heavy atom. The first kappa shape index (κ1) is 13.5. The van der Waals surface area contributed by atoms with Gasteiger partial charge in [-0.3, -0.25) is 9.69 Å². The Labute approximate surface area is 85.9 Å². The van der Waals surface area contributed by atoms with Gasteiger partial charge < -0.3 is 9.84 Å². The van der Waals surface area contributed by atoms with E-state index in [4.69, 9.17) is 4.74 Å². The summed E-state index contributed by atoms with van der Waals surface area (Å²) in [6, 6.07) is 0. The number of Topliss-reactive ketones (excluding diaryl/α,β-unsaturated/α-hetero) is 1. The minimum atomic E-state index is -0.514. The summed E-state index contributed by atoms with van der Waals surface area (Å²) in [4.78, 5) is 13.1. The van der Waals surface area contributed by atoms with E-state index in [0.717, 1.165) is 6.42 Å². The molecule has 0 rings (SSSR count). The molecular weight excluding hydrogens is 182 g/mol. The van der Waals surface area contributed by atoms with Gasteiger partial charge >= 0.3 is 0 Å². The predicted molar refractivity (Wildman–Crippen MR) is 55.3 cm³/mol. The summed E-state index contributed by atoms with van der Waals surface area (Å²) in [5, 5.41) is 9.38. The number of aliphatic hydroxyl groups is 1. The lowest BCUT2D eigenvalue weighted by molar-refractivity contribution is -0.120.